The van der Waals surface area contributed by atoms with Gasteiger partial charge in [0.15, 0.2) is 0 Å². The zero-order chi connectivity index (χ0) is 15.7. The number of carbonyl (C=O) groups excluding carboxylic acids is 2. The number of esters is 1. The first kappa shape index (κ1) is 17.0. The zero-order valence-electron chi connectivity index (χ0n) is 12.8. The van der Waals surface area contributed by atoms with Gasteiger partial charge in [0.05, 0.1) is 20.6 Å². The average molecular weight is 293 g/mol. The van der Waals surface area contributed by atoms with E-state index in [1.54, 1.807) is 7.11 Å². The smallest absolute Gasteiger partial charge is 0.307 e. The Morgan fingerprint density at radius 2 is 1.86 bits per heavy atom. The van der Waals surface area contributed by atoms with E-state index in [0.29, 0.717) is 19.3 Å². The van der Waals surface area contributed by atoms with Crippen LogP contribution in [0.25, 0.3) is 0 Å². The molecule has 0 saturated carbocycles. The van der Waals surface area contributed by atoms with Crippen LogP contribution in [0, 0.1) is 0 Å². The number of hydrogen-bond donors (Lipinski definition) is 1. The third-order valence-electron chi connectivity index (χ3n) is 3.30. The van der Waals surface area contributed by atoms with Crippen molar-refractivity contribution in [3.8, 4) is 5.75 Å². The van der Waals surface area contributed by atoms with Crippen LogP contribution >= 0.6 is 0 Å². The first-order chi connectivity index (χ1) is 10.1. The fourth-order valence-corrected chi connectivity index (χ4v) is 1.93. The largest absolute Gasteiger partial charge is 0.497 e. The van der Waals surface area contributed by atoms with E-state index in [2.05, 4.69) is 10.1 Å². The molecule has 0 spiro atoms. The van der Waals surface area contributed by atoms with Gasteiger partial charge in [-0.05, 0) is 30.5 Å². The lowest BCUT2D eigenvalue weighted by Crippen LogP contribution is -2.36. The lowest BCUT2D eigenvalue weighted by atomic mass is 10.1. The quantitative estimate of drug-likeness (QED) is 0.745. The Bertz CT molecular complexity index is 456. The van der Waals surface area contributed by atoms with Crippen LogP contribution in [0.1, 0.15) is 31.7 Å². The van der Waals surface area contributed by atoms with Crippen molar-refractivity contribution in [3.63, 3.8) is 0 Å². The molecule has 1 rings (SSSR count). The molecule has 116 valence electrons. The van der Waals surface area contributed by atoms with Crippen LogP contribution in [0.2, 0.25) is 0 Å². The number of benzene rings is 1. The zero-order valence-corrected chi connectivity index (χ0v) is 12.8. The Morgan fingerprint density at radius 1 is 1.19 bits per heavy atom. The summed E-state index contributed by atoms with van der Waals surface area (Å²) < 4.78 is 9.70. The van der Waals surface area contributed by atoms with Crippen molar-refractivity contribution in [2.75, 3.05) is 14.2 Å². The average Bonchev–Trinajstić information content (AvgIpc) is 2.52. The monoisotopic (exact) mass is 293 g/mol. The van der Waals surface area contributed by atoms with Crippen LogP contribution in [-0.4, -0.2) is 32.1 Å². The van der Waals surface area contributed by atoms with Gasteiger partial charge in [0.2, 0.25) is 5.91 Å². The van der Waals surface area contributed by atoms with Gasteiger partial charge in [-0.25, -0.2) is 0 Å². The minimum Gasteiger partial charge on any atom is -0.497 e. The van der Waals surface area contributed by atoms with Crippen LogP contribution in [0.3, 0.4) is 0 Å². The summed E-state index contributed by atoms with van der Waals surface area (Å²) in [6, 6.07) is 7.47. The van der Waals surface area contributed by atoms with E-state index in [0.717, 1.165) is 11.3 Å². The van der Waals surface area contributed by atoms with Gasteiger partial charge in [0, 0.05) is 12.5 Å². The second kappa shape index (κ2) is 9.00. The number of hydrogen-bond acceptors (Lipinski definition) is 4. The Labute approximate surface area is 125 Å². The number of nitrogens with one attached hydrogen (secondary N) is 1. The highest BCUT2D eigenvalue weighted by molar-refractivity contribution is 5.77. The molecule has 0 aliphatic carbocycles. The molecule has 1 N–H and O–H groups in total. The minimum atomic E-state index is -0.308. The number of aryl methyl sites for hydroxylation is 1. The molecule has 0 saturated heterocycles. The number of ether oxygens (including phenoxy) is 2. The van der Waals surface area contributed by atoms with E-state index < -0.39 is 0 Å². The number of amides is 1. The first-order valence-corrected chi connectivity index (χ1v) is 7.08. The molecule has 1 aromatic rings. The van der Waals surface area contributed by atoms with Gasteiger partial charge >= 0.3 is 5.97 Å². The van der Waals surface area contributed by atoms with Crippen molar-refractivity contribution in [2.24, 2.45) is 0 Å². The number of carbonyl (C=O) groups is 2. The third-order valence-corrected chi connectivity index (χ3v) is 3.30. The van der Waals surface area contributed by atoms with Gasteiger partial charge in [0.25, 0.3) is 0 Å². The lowest BCUT2D eigenvalue weighted by Gasteiger charge is -2.15. The highest BCUT2D eigenvalue weighted by atomic mass is 16.5. The van der Waals surface area contributed by atoms with Crippen molar-refractivity contribution in [3.05, 3.63) is 29.8 Å². The minimum absolute atomic E-state index is 0.0541. The summed E-state index contributed by atoms with van der Waals surface area (Å²) in [5.41, 5.74) is 1.08. The van der Waals surface area contributed by atoms with Crippen molar-refractivity contribution in [1.29, 1.82) is 0 Å². The molecular formula is C16H23NO4. The Hall–Kier alpha value is -2.04. The maximum atomic E-state index is 11.9. The van der Waals surface area contributed by atoms with Gasteiger partial charge in [-0.3, -0.25) is 9.59 Å². The fourth-order valence-electron chi connectivity index (χ4n) is 1.93. The van der Waals surface area contributed by atoms with Crippen LogP contribution in [-0.2, 0) is 20.7 Å². The predicted molar refractivity (Wildman–Crippen MR) is 80.2 cm³/mol. The van der Waals surface area contributed by atoms with Crippen molar-refractivity contribution in [1.82, 2.24) is 5.32 Å². The van der Waals surface area contributed by atoms with Crippen LogP contribution in [0.15, 0.2) is 24.3 Å². The fraction of sp³-hybridized carbons (Fsp3) is 0.500. The molecule has 0 heterocycles. The lowest BCUT2D eigenvalue weighted by molar-refractivity contribution is -0.141. The molecule has 0 aromatic heterocycles. The molecule has 0 fully saturated rings. The van der Waals surface area contributed by atoms with Crippen LogP contribution in [0.5, 0.6) is 5.75 Å². The molecule has 21 heavy (non-hydrogen) atoms. The van der Waals surface area contributed by atoms with Crippen molar-refractivity contribution >= 4 is 11.9 Å². The van der Waals surface area contributed by atoms with Crippen molar-refractivity contribution in [2.45, 2.75) is 38.6 Å². The summed E-state index contributed by atoms with van der Waals surface area (Å²) in [5.74, 6) is 0.436. The van der Waals surface area contributed by atoms with Gasteiger partial charge in [-0.15, -0.1) is 0 Å². The van der Waals surface area contributed by atoms with E-state index >= 15 is 0 Å². The molecular weight excluding hydrogens is 270 g/mol. The highest BCUT2D eigenvalue weighted by Crippen LogP contribution is 2.12. The number of rotatable bonds is 8. The second-order valence-electron chi connectivity index (χ2n) is 4.80. The molecule has 0 aliphatic heterocycles. The molecule has 0 aliphatic rings. The van der Waals surface area contributed by atoms with Crippen LogP contribution in [0.4, 0.5) is 0 Å². The van der Waals surface area contributed by atoms with E-state index in [1.165, 1.54) is 7.11 Å². The first-order valence-electron chi connectivity index (χ1n) is 7.08. The van der Waals surface area contributed by atoms with Gasteiger partial charge < -0.3 is 14.8 Å². The van der Waals surface area contributed by atoms with E-state index in [4.69, 9.17) is 4.74 Å². The second-order valence-corrected chi connectivity index (χ2v) is 4.80. The summed E-state index contributed by atoms with van der Waals surface area (Å²) >= 11 is 0. The molecule has 0 radical (unpaired) electrons. The molecule has 1 aromatic carbocycles. The molecule has 1 amide bonds. The molecule has 0 bridgehead atoms. The third kappa shape index (κ3) is 6.29. The standard InChI is InChI=1S/C16H23NO4/c1-4-13(11-16(19)21-3)17-15(18)10-7-12-5-8-14(20-2)9-6-12/h5-6,8-9,13H,4,7,10-11H2,1-3H3,(H,17,18). The molecule has 1 atom stereocenters. The van der Waals surface area contributed by atoms with Crippen molar-refractivity contribution < 1.29 is 19.1 Å². The summed E-state index contributed by atoms with van der Waals surface area (Å²) in [4.78, 5) is 23.1. The predicted octanol–water partition coefficient (Wildman–Crippen LogP) is 2.09. The maximum Gasteiger partial charge on any atom is 0.307 e. The summed E-state index contributed by atoms with van der Waals surface area (Å²) in [5, 5.41) is 2.86. The number of methoxy groups -OCH3 is 2. The SMILES string of the molecule is CCC(CC(=O)OC)NC(=O)CCc1ccc(OC)cc1. The van der Waals surface area contributed by atoms with Crippen LogP contribution < -0.4 is 10.1 Å². The Morgan fingerprint density at radius 3 is 2.38 bits per heavy atom. The molecule has 1 unspecified atom stereocenters. The molecule has 5 nitrogen and oxygen atoms in total. The topological polar surface area (TPSA) is 64.6 Å². The van der Waals surface area contributed by atoms with Gasteiger partial charge in [-0.2, -0.15) is 0 Å². The maximum absolute atomic E-state index is 11.9. The summed E-state index contributed by atoms with van der Waals surface area (Å²) in [6.45, 7) is 1.93. The Kier molecular flexibility index (Phi) is 7.29. The normalized spacial score (nSPS) is 11.6. The molecule has 5 heteroatoms. The Balaban J connectivity index is 2.39. The summed E-state index contributed by atoms with van der Waals surface area (Å²) in [6.07, 6.45) is 1.96. The van der Waals surface area contributed by atoms with E-state index in [-0.39, 0.29) is 24.3 Å². The van der Waals surface area contributed by atoms with E-state index in [9.17, 15) is 9.59 Å². The highest BCUT2D eigenvalue weighted by Gasteiger charge is 2.14. The summed E-state index contributed by atoms with van der Waals surface area (Å²) in [7, 11) is 2.97. The van der Waals surface area contributed by atoms with E-state index in [1.807, 2.05) is 31.2 Å². The van der Waals surface area contributed by atoms with Gasteiger partial charge in [-0.1, -0.05) is 19.1 Å². The van der Waals surface area contributed by atoms with Gasteiger partial charge in [0.1, 0.15) is 5.75 Å².